The number of aliphatic hydroxyl groups is 4. The van der Waals surface area contributed by atoms with E-state index in [1.54, 1.807) is 6.08 Å². The molecule has 1 heterocycles. The molecule has 1 saturated heterocycles. The third-order valence-corrected chi connectivity index (χ3v) is 18.4. The topological polar surface area (TPSA) is 192 Å². The van der Waals surface area contributed by atoms with Crippen LogP contribution in [0.3, 0.4) is 0 Å². The van der Waals surface area contributed by atoms with E-state index < -0.39 is 59.9 Å². The van der Waals surface area contributed by atoms with Gasteiger partial charge in [0, 0.05) is 6.42 Å². The number of carbonyl (C=O) groups excluding carboxylic acids is 1. The molecule has 0 radical (unpaired) electrons. The van der Waals surface area contributed by atoms with E-state index in [9.17, 15) is 38.2 Å². The van der Waals surface area contributed by atoms with Gasteiger partial charge in [0.05, 0.1) is 25.4 Å². The van der Waals surface area contributed by atoms with E-state index >= 15 is 0 Å². The summed E-state index contributed by atoms with van der Waals surface area (Å²) in [4.78, 5) is 13.2. The second-order valence-corrected chi connectivity index (χ2v) is 27.3. The highest BCUT2D eigenvalue weighted by molar-refractivity contribution is 7.80. The average Bonchev–Trinajstić information content (AvgIpc) is 1.66. The minimum absolute atomic E-state index is 0.255. The zero-order valence-electron chi connectivity index (χ0n) is 56.2. The minimum atomic E-state index is -5.09. The fourth-order valence-corrected chi connectivity index (χ4v) is 12.8. The van der Waals surface area contributed by atoms with Gasteiger partial charge in [-0.2, -0.15) is 8.42 Å². The zero-order valence-corrected chi connectivity index (χ0v) is 57.0. The van der Waals surface area contributed by atoms with Crippen LogP contribution in [0.15, 0.2) is 24.3 Å². The van der Waals surface area contributed by atoms with Crippen LogP contribution in [0.25, 0.3) is 0 Å². The van der Waals surface area contributed by atoms with E-state index in [1.165, 1.54) is 315 Å². The first-order chi connectivity index (χ1) is 42.0. The summed E-state index contributed by atoms with van der Waals surface area (Å²) < 4.78 is 48.1. The maximum atomic E-state index is 13.2. The number of carbonyl (C=O) groups is 1. The molecule has 0 aliphatic carbocycles. The molecule has 1 aliphatic heterocycles. The quantitative estimate of drug-likeness (QED) is 0.0193. The average molecular weight is 1240 g/mol. The molecule has 0 aromatic rings. The molecule has 1 aliphatic rings. The second kappa shape index (κ2) is 62.4. The van der Waals surface area contributed by atoms with Crippen LogP contribution < -0.4 is 5.32 Å². The molecule has 0 aromatic heterocycles. The van der Waals surface area contributed by atoms with Crippen molar-refractivity contribution in [3.05, 3.63) is 24.3 Å². The maximum absolute atomic E-state index is 13.2. The molecule has 510 valence electrons. The molecule has 7 atom stereocenters. The van der Waals surface area contributed by atoms with E-state index in [0.29, 0.717) is 6.42 Å². The molecule has 0 bridgehead atoms. The first-order valence-corrected chi connectivity index (χ1v) is 38.6. The number of hydrogen-bond acceptors (Lipinski definition) is 10. The normalized spacial score (nSPS) is 18.2. The Balaban J connectivity index is 2.16. The molecular weight excluding hydrogens is 1100 g/mol. The summed E-state index contributed by atoms with van der Waals surface area (Å²) in [5, 5.41) is 45.2. The van der Waals surface area contributed by atoms with Crippen molar-refractivity contribution in [2.45, 2.75) is 423 Å². The van der Waals surface area contributed by atoms with Crippen LogP contribution in [0.2, 0.25) is 0 Å². The van der Waals surface area contributed by atoms with Gasteiger partial charge in [-0.1, -0.05) is 353 Å². The Morgan fingerprint density at radius 2 is 0.744 bits per heavy atom. The molecular formula is C73H141NO11S. The highest BCUT2D eigenvalue weighted by Crippen LogP contribution is 2.27. The van der Waals surface area contributed by atoms with Gasteiger partial charge < -0.3 is 35.2 Å². The number of nitrogens with one attached hydrogen (secondary N) is 1. The number of ether oxygens (including phenoxy) is 2. The van der Waals surface area contributed by atoms with Crippen molar-refractivity contribution < 1.29 is 51.8 Å². The van der Waals surface area contributed by atoms with Crippen molar-refractivity contribution in [1.82, 2.24) is 5.32 Å². The Morgan fingerprint density at radius 1 is 0.453 bits per heavy atom. The molecule has 1 fully saturated rings. The van der Waals surface area contributed by atoms with Gasteiger partial charge in [-0.3, -0.25) is 9.35 Å². The summed E-state index contributed by atoms with van der Waals surface area (Å²) >= 11 is 0. The number of unbranched alkanes of at least 4 members (excludes halogenated alkanes) is 53. The van der Waals surface area contributed by atoms with Gasteiger partial charge in [0.15, 0.2) is 6.29 Å². The monoisotopic (exact) mass is 1240 g/mol. The highest BCUT2D eigenvalue weighted by atomic mass is 32.3. The second-order valence-electron chi connectivity index (χ2n) is 26.2. The molecule has 86 heavy (non-hydrogen) atoms. The van der Waals surface area contributed by atoms with Crippen molar-refractivity contribution in [3.8, 4) is 0 Å². The third kappa shape index (κ3) is 53.3. The van der Waals surface area contributed by atoms with Crippen molar-refractivity contribution in [2.24, 2.45) is 0 Å². The number of amides is 1. The highest BCUT2D eigenvalue weighted by Gasteiger charge is 2.48. The van der Waals surface area contributed by atoms with Crippen LogP contribution >= 0.6 is 0 Å². The first-order valence-electron chi connectivity index (χ1n) is 37.2. The van der Waals surface area contributed by atoms with Crippen LogP contribution in [0.5, 0.6) is 0 Å². The number of allylic oxidation sites excluding steroid dienone is 3. The number of hydrogen-bond donors (Lipinski definition) is 6. The summed E-state index contributed by atoms with van der Waals surface area (Å²) in [7, 11) is -5.09. The molecule has 0 aromatic carbocycles. The molecule has 12 nitrogen and oxygen atoms in total. The smallest absolute Gasteiger partial charge is 0.394 e. The van der Waals surface area contributed by atoms with Gasteiger partial charge >= 0.3 is 10.4 Å². The minimum Gasteiger partial charge on any atom is -0.394 e. The summed E-state index contributed by atoms with van der Waals surface area (Å²) in [6.45, 7) is 3.46. The summed E-state index contributed by atoms with van der Waals surface area (Å²) in [6, 6.07) is -0.944. The van der Waals surface area contributed by atoms with E-state index in [-0.39, 0.29) is 18.9 Å². The Kier molecular flexibility index (Phi) is 59.9. The largest absolute Gasteiger partial charge is 0.397 e. The van der Waals surface area contributed by atoms with Crippen molar-refractivity contribution in [1.29, 1.82) is 0 Å². The van der Waals surface area contributed by atoms with Crippen molar-refractivity contribution in [2.75, 3.05) is 13.2 Å². The van der Waals surface area contributed by atoms with E-state index in [1.807, 2.05) is 6.08 Å². The SMILES string of the molecule is CCCCCCCCCCCCCCCCCCCC/C=C\CCCCCCCCCCCCCCCCCCCC(=O)NC(COC1OC(CO)C(O)C(OS(=O)(=O)O)C1O)C(O)/C=C/CCCCCCCCCCCCCCCCCCCC. The molecule has 7 unspecified atom stereocenters. The Labute approximate surface area is 531 Å². The standard InChI is InChI=1S/C73H141NO11S/c1-3-5-7-9-11-13-15-17-19-21-23-25-26-27-28-29-30-31-32-33-34-35-36-37-38-39-40-41-42-43-45-47-49-51-53-55-57-59-61-63-69(77)74-66(65-83-73-71(79)72(85-86(80,81)82)70(78)68(64-75)84-73)67(76)62-60-58-56-54-52-50-48-46-44-24-22-20-18-16-14-12-10-8-6-4-2/h33-34,60,62,66-68,70-73,75-76,78-79H,3-32,35-59,61,63-65H2,1-2H3,(H,74,77)(H,80,81,82)/b34-33-,62-60+. The van der Waals surface area contributed by atoms with Gasteiger partial charge in [0.25, 0.3) is 0 Å². The zero-order chi connectivity index (χ0) is 62.5. The molecule has 6 N–H and O–H groups in total. The fraction of sp³-hybridized carbons (Fsp3) is 0.932. The van der Waals surface area contributed by atoms with Gasteiger partial charge in [-0.25, -0.2) is 4.18 Å². The van der Waals surface area contributed by atoms with Gasteiger partial charge in [-0.05, 0) is 44.9 Å². The van der Waals surface area contributed by atoms with E-state index in [2.05, 4.69) is 35.5 Å². The third-order valence-electron chi connectivity index (χ3n) is 18.0. The predicted octanol–water partition coefficient (Wildman–Crippen LogP) is 19.9. The summed E-state index contributed by atoms with van der Waals surface area (Å²) in [6.07, 6.45) is 72.8. The Hall–Kier alpha value is -1.42. The summed E-state index contributed by atoms with van der Waals surface area (Å²) in [5.74, 6) is -0.255. The van der Waals surface area contributed by atoms with Crippen LogP contribution in [-0.2, 0) is 28.9 Å². The molecule has 0 saturated carbocycles. The molecule has 1 amide bonds. The number of rotatable bonds is 67. The molecule has 1 rings (SSSR count). The summed E-state index contributed by atoms with van der Waals surface area (Å²) in [5.41, 5.74) is 0. The van der Waals surface area contributed by atoms with Crippen LogP contribution in [0.1, 0.15) is 380 Å². The van der Waals surface area contributed by atoms with Gasteiger partial charge in [0.1, 0.15) is 24.4 Å². The van der Waals surface area contributed by atoms with E-state index in [4.69, 9.17) is 9.47 Å². The number of aliphatic hydroxyl groups excluding tert-OH is 4. The molecule has 0 spiro atoms. The Morgan fingerprint density at radius 3 is 1.05 bits per heavy atom. The lowest BCUT2D eigenvalue weighted by Crippen LogP contribution is -2.61. The van der Waals surface area contributed by atoms with Gasteiger partial charge in [-0.15, -0.1) is 0 Å². The lowest BCUT2D eigenvalue weighted by Gasteiger charge is -2.41. The lowest BCUT2D eigenvalue weighted by atomic mass is 9.99. The van der Waals surface area contributed by atoms with Crippen molar-refractivity contribution in [3.63, 3.8) is 0 Å². The lowest BCUT2D eigenvalue weighted by molar-refractivity contribution is -0.298. The molecule has 13 heteroatoms. The van der Waals surface area contributed by atoms with Crippen LogP contribution in [0.4, 0.5) is 0 Å². The van der Waals surface area contributed by atoms with Crippen molar-refractivity contribution >= 4 is 16.3 Å². The van der Waals surface area contributed by atoms with Gasteiger partial charge in [0.2, 0.25) is 5.91 Å². The predicted molar refractivity (Wildman–Crippen MR) is 361 cm³/mol. The Bertz CT molecular complexity index is 1600. The maximum Gasteiger partial charge on any atom is 0.397 e. The van der Waals surface area contributed by atoms with Crippen LogP contribution in [-0.4, -0.2) is 95.4 Å². The van der Waals surface area contributed by atoms with E-state index in [0.717, 1.165) is 38.5 Å². The fourth-order valence-electron chi connectivity index (χ4n) is 12.3. The van der Waals surface area contributed by atoms with Crippen LogP contribution in [0, 0.1) is 0 Å². The first kappa shape index (κ1) is 82.6.